The van der Waals surface area contributed by atoms with Gasteiger partial charge < -0.3 is 23.8 Å². The minimum absolute atomic E-state index is 0.143. The van der Waals surface area contributed by atoms with Crippen LogP contribution >= 0.6 is 0 Å². The summed E-state index contributed by atoms with van der Waals surface area (Å²) in [6.45, 7) is 4.95. The second kappa shape index (κ2) is 13.2. The highest BCUT2D eigenvalue weighted by molar-refractivity contribution is 5.76. The van der Waals surface area contributed by atoms with E-state index in [1.54, 1.807) is 0 Å². The number of carbonyl (C=O) groups is 1. The molecule has 0 bridgehead atoms. The lowest BCUT2D eigenvalue weighted by molar-refractivity contribution is -0.299. The van der Waals surface area contributed by atoms with Crippen molar-refractivity contribution in [1.82, 2.24) is 0 Å². The van der Waals surface area contributed by atoms with Gasteiger partial charge in [-0.3, -0.25) is 4.79 Å². The molecule has 0 aliphatic carbocycles. The molecule has 1 heterocycles. The molecule has 36 heavy (non-hydrogen) atoms. The maximum atomic E-state index is 11.3. The molecule has 0 radical (unpaired) electrons. The molecule has 6 nitrogen and oxygen atoms in total. The fourth-order valence-electron chi connectivity index (χ4n) is 4.11. The molecule has 190 valence electrons. The molecule has 0 N–H and O–H groups in total. The summed E-state index contributed by atoms with van der Waals surface area (Å²) in [5.41, 5.74) is 6.99. The van der Waals surface area contributed by atoms with E-state index < -0.39 is 0 Å². The van der Waals surface area contributed by atoms with Crippen molar-refractivity contribution in [2.24, 2.45) is 0 Å². The van der Waals surface area contributed by atoms with Crippen LogP contribution in [0.1, 0.15) is 42.9 Å². The zero-order chi connectivity index (χ0) is 25.2. The van der Waals surface area contributed by atoms with Gasteiger partial charge in [0.2, 0.25) is 0 Å². The number of ether oxygens (including phenoxy) is 4. The highest BCUT2D eigenvalue weighted by Crippen LogP contribution is 2.35. The first kappa shape index (κ1) is 25.9. The number of hydrogen-bond donors (Lipinski definition) is 0. The maximum absolute atomic E-state index is 11.3. The molecular weight excluding hydrogens is 454 g/mol. The number of aryl methyl sites for hydroxylation is 3. The second-order valence-corrected chi connectivity index (χ2v) is 8.92. The maximum Gasteiger partial charge on any atom is 0.305 e. The summed E-state index contributed by atoms with van der Waals surface area (Å²) < 4.78 is 21.2. The molecule has 4 rings (SSSR count). The fourth-order valence-corrected chi connectivity index (χ4v) is 4.11. The van der Waals surface area contributed by atoms with Crippen molar-refractivity contribution in [2.45, 2.75) is 52.2 Å². The van der Waals surface area contributed by atoms with Crippen LogP contribution in [0, 0.1) is 6.92 Å². The molecule has 0 saturated carbocycles. The van der Waals surface area contributed by atoms with Gasteiger partial charge in [0.15, 0.2) is 19.9 Å². The zero-order valence-corrected chi connectivity index (χ0v) is 21.2. The van der Waals surface area contributed by atoms with E-state index in [-0.39, 0.29) is 12.3 Å². The quantitative estimate of drug-likeness (QED) is 0.224. The lowest BCUT2D eigenvalue weighted by Gasteiger charge is -2.26. The third kappa shape index (κ3) is 7.40. The van der Waals surface area contributed by atoms with Crippen LogP contribution in [0.4, 0.5) is 17.1 Å². The number of nitrogens with zero attached hydrogens (tertiary/aromatic N) is 1. The molecule has 6 heteroatoms. The molecule has 0 unspecified atom stereocenters. The number of rotatable bonds is 11. The Balaban J connectivity index is 1.45. The predicted molar refractivity (Wildman–Crippen MR) is 141 cm³/mol. The van der Waals surface area contributed by atoms with E-state index in [0.717, 1.165) is 42.7 Å². The number of hydrogen-bond acceptors (Lipinski definition) is 6. The first-order valence-electron chi connectivity index (χ1n) is 12.6. The van der Waals surface area contributed by atoms with Gasteiger partial charge in [0.05, 0.1) is 6.61 Å². The number of carbonyl (C=O) groups excluding carboxylic acids is 1. The average molecular weight is 490 g/mol. The molecule has 1 aliphatic rings. The Hall–Kier alpha value is -3.19. The highest BCUT2D eigenvalue weighted by Gasteiger charge is 2.15. The summed E-state index contributed by atoms with van der Waals surface area (Å²) in [7, 11) is 0. The number of anilines is 3. The van der Waals surface area contributed by atoms with Crippen LogP contribution in [0.2, 0.25) is 0 Å². The molecule has 3 aromatic carbocycles. The van der Waals surface area contributed by atoms with Gasteiger partial charge in [-0.2, -0.15) is 0 Å². The monoisotopic (exact) mass is 489 g/mol. The normalized spacial score (nSPS) is 13.9. The third-order valence-corrected chi connectivity index (χ3v) is 6.19. The summed E-state index contributed by atoms with van der Waals surface area (Å²) in [5.74, 6) is -0.143. The first-order chi connectivity index (χ1) is 17.6. The van der Waals surface area contributed by atoms with Crippen molar-refractivity contribution in [2.75, 3.05) is 25.1 Å². The van der Waals surface area contributed by atoms with Gasteiger partial charge in [0.25, 0.3) is 0 Å². The molecular formula is C30H35NO5. The van der Waals surface area contributed by atoms with Crippen molar-refractivity contribution in [3.05, 3.63) is 89.5 Å². The number of benzene rings is 3. The lowest BCUT2D eigenvalue weighted by atomic mass is 10.1. The Morgan fingerprint density at radius 1 is 0.833 bits per heavy atom. The van der Waals surface area contributed by atoms with Crippen LogP contribution in [0.5, 0.6) is 0 Å². The molecule has 0 atom stereocenters. The van der Waals surface area contributed by atoms with Gasteiger partial charge in [-0.15, -0.1) is 0 Å². The van der Waals surface area contributed by atoms with Gasteiger partial charge in [-0.1, -0.05) is 48.9 Å². The van der Waals surface area contributed by atoms with E-state index in [0.29, 0.717) is 26.6 Å². The van der Waals surface area contributed by atoms with Crippen molar-refractivity contribution >= 4 is 23.0 Å². The van der Waals surface area contributed by atoms with E-state index in [1.165, 1.54) is 16.7 Å². The molecule has 3 aromatic rings. The van der Waals surface area contributed by atoms with E-state index in [4.69, 9.17) is 18.9 Å². The van der Waals surface area contributed by atoms with Crippen LogP contribution in [-0.4, -0.2) is 32.5 Å². The Morgan fingerprint density at radius 2 is 1.36 bits per heavy atom. The highest BCUT2D eigenvalue weighted by atomic mass is 16.8. The third-order valence-electron chi connectivity index (χ3n) is 6.19. The van der Waals surface area contributed by atoms with Crippen LogP contribution < -0.4 is 4.90 Å². The van der Waals surface area contributed by atoms with Crippen LogP contribution in [0.25, 0.3) is 0 Å². The predicted octanol–water partition coefficient (Wildman–Crippen LogP) is 6.59. The summed E-state index contributed by atoms with van der Waals surface area (Å²) in [5, 5.41) is 0. The largest absolute Gasteiger partial charge is 0.466 e. The van der Waals surface area contributed by atoms with Crippen molar-refractivity contribution in [3.8, 4) is 0 Å². The summed E-state index contributed by atoms with van der Waals surface area (Å²) in [4.78, 5) is 13.6. The van der Waals surface area contributed by atoms with E-state index in [2.05, 4.69) is 84.6 Å². The molecule has 1 fully saturated rings. The Kier molecular flexibility index (Phi) is 9.50. The fraction of sp³-hybridized carbons (Fsp3) is 0.367. The molecule has 0 aromatic heterocycles. The van der Waals surface area contributed by atoms with Gasteiger partial charge in [0.1, 0.15) is 0 Å². The van der Waals surface area contributed by atoms with E-state index >= 15 is 0 Å². The van der Waals surface area contributed by atoms with E-state index in [9.17, 15) is 4.79 Å². The van der Waals surface area contributed by atoms with Gasteiger partial charge in [-0.25, -0.2) is 0 Å². The van der Waals surface area contributed by atoms with Crippen molar-refractivity contribution < 1.29 is 23.7 Å². The Labute approximate surface area is 213 Å². The van der Waals surface area contributed by atoms with Crippen LogP contribution in [-0.2, 0) is 36.6 Å². The second-order valence-electron chi connectivity index (χ2n) is 8.92. The van der Waals surface area contributed by atoms with Crippen molar-refractivity contribution in [3.63, 3.8) is 0 Å². The Bertz CT molecular complexity index is 1070. The van der Waals surface area contributed by atoms with Crippen molar-refractivity contribution in [1.29, 1.82) is 0 Å². The van der Waals surface area contributed by atoms with Gasteiger partial charge in [0, 0.05) is 29.9 Å². The lowest BCUT2D eigenvalue weighted by Crippen LogP contribution is -2.26. The first-order valence-corrected chi connectivity index (χ1v) is 12.6. The van der Waals surface area contributed by atoms with Crippen LogP contribution in [0.15, 0.2) is 72.8 Å². The molecule has 0 amide bonds. The molecule has 1 aliphatic heterocycles. The Morgan fingerprint density at radius 3 is 1.92 bits per heavy atom. The molecule has 1 saturated heterocycles. The summed E-state index contributed by atoms with van der Waals surface area (Å²) in [6, 6.07) is 25.9. The van der Waals surface area contributed by atoms with Gasteiger partial charge >= 0.3 is 5.97 Å². The average Bonchev–Trinajstić information content (AvgIpc) is 2.93. The number of esters is 1. The minimum Gasteiger partial charge on any atom is -0.466 e. The standard InChI is InChI=1S/C30H35NO5/c1-3-29(32)34-20-4-5-24-8-15-27(16-9-24)31(26-13-6-23(2)7-14-26)28-17-10-25(11-18-28)12-19-30-35-21-33-22-36-30/h6-11,13-18,30H,3-5,12,19-22H2,1-2H3. The minimum atomic E-state index is -0.209. The molecule has 0 spiro atoms. The topological polar surface area (TPSA) is 57.2 Å². The van der Waals surface area contributed by atoms with E-state index in [1.807, 2.05) is 6.92 Å². The SMILES string of the molecule is CCC(=O)OCCCc1ccc(N(c2ccc(C)cc2)c2ccc(CCC3OCOCO3)cc2)cc1. The summed E-state index contributed by atoms with van der Waals surface area (Å²) >= 11 is 0. The van der Waals surface area contributed by atoms with Crippen LogP contribution in [0.3, 0.4) is 0 Å². The summed E-state index contributed by atoms with van der Waals surface area (Å²) in [6.07, 6.45) is 3.57. The zero-order valence-electron chi connectivity index (χ0n) is 21.2. The smallest absolute Gasteiger partial charge is 0.305 e. The van der Waals surface area contributed by atoms with Gasteiger partial charge in [-0.05, 0) is 73.7 Å².